The third-order valence-corrected chi connectivity index (χ3v) is 3.18. The smallest absolute Gasteiger partial charge is 0.125 e. The molecule has 0 unspecified atom stereocenters. The van der Waals surface area contributed by atoms with Gasteiger partial charge in [-0.25, -0.2) is 4.39 Å². The highest BCUT2D eigenvalue weighted by Gasteiger charge is 2.09. The molecule has 0 fully saturated rings. The van der Waals surface area contributed by atoms with Gasteiger partial charge in [-0.15, -0.1) is 0 Å². The zero-order valence-electron chi connectivity index (χ0n) is 11.0. The number of halogens is 1. The van der Waals surface area contributed by atoms with Gasteiger partial charge < -0.3 is 10.2 Å². The molecule has 96 valence electrons. The maximum Gasteiger partial charge on any atom is 0.125 e. The summed E-state index contributed by atoms with van der Waals surface area (Å²) in [6.07, 6.45) is 2.35. The molecule has 0 aliphatic rings. The first kappa shape index (κ1) is 14.0. The Balaban J connectivity index is 2.32. The molecule has 1 N–H and O–H groups in total. The van der Waals surface area contributed by atoms with Gasteiger partial charge in [-0.1, -0.05) is 19.9 Å². The summed E-state index contributed by atoms with van der Waals surface area (Å²) in [6, 6.07) is 7.24. The highest BCUT2D eigenvalue weighted by Crippen LogP contribution is 2.09. The van der Waals surface area contributed by atoms with Crippen LogP contribution >= 0.6 is 0 Å². The molecule has 1 rings (SSSR count). The fourth-order valence-corrected chi connectivity index (χ4v) is 2.07. The molecule has 1 aromatic carbocycles. The van der Waals surface area contributed by atoms with E-state index in [0.29, 0.717) is 6.04 Å². The van der Waals surface area contributed by atoms with Crippen molar-refractivity contribution < 1.29 is 4.39 Å². The van der Waals surface area contributed by atoms with Crippen molar-refractivity contribution in [2.75, 3.05) is 25.5 Å². The van der Waals surface area contributed by atoms with Gasteiger partial charge in [0.2, 0.25) is 0 Å². The van der Waals surface area contributed by atoms with Crippen LogP contribution in [0.4, 0.5) is 10.1 Å². The molecule has 0 spiro atoms. The lowest BCUT2D eigenvalue weighted by atomic mass is 10.1. The van der Waals surface area contributed by atoms with E-state index in [4.69, 9.17) is 0 Å². The SMILES string of the molecule is CCC(CC)N(C)CCNc1cccc(F)c1. The van der Waals surface area contributed by atoms with Crippen molar-refractivity contribution >= 4 is 5.69 Å². The van der Waals surface area contributed by atoms with Crippen molar-refractivity contribution in [3.05, 3.63) is 30.1 Å². The molecule has 0 aromatic heterocycles. The third-order valence-electron chi connectivity index (χ3n) is 3.18. The molecule has 0 aliphatic carbocycles. The lowest BCUT2D eigenvalue weighted by Gasteiger charge is -2.26. The number of hydrogen-bond acceptors (Lipinski definition) is 2. The van der Waals surface area contributed by atoms with Crippen molar-refractivity contribution in [2.24, 2.45) is 0 Å². The highest BCUT2D eigenvalue weighted by atomic mass is 19.1. The summed E-state index contributed by atoms with van der Waals surface area (Å²) >= 11 is 0. The molecule has 2 nitrogen and oxygen atoms in total. The minimum Gasteiger partial charge on any atom is -0.384 e. The predicted octanol–water partition coefficient (Wildman–Crippen LogP) is 3.36. The lowest BCUT2D eigenvalue weighted by Crippen LogP contribution is -2.34. The summed E-state index contributed by atoms with van der Waals surface area (Å²) in [5.41, 5.74) is 0.850. The van der Waals surface area contributed by atoms with E-state index < -0.39 is 0 Å². The normalized spacial score (nSPS) is 11.2. The van der Waals surface area contributed by atoms with Gasteiger partial charge >= 0.3 is 0 Å². The average molecular weight is 238 g/mol. The Kier molecular flexibility index (Phi) is 5.98. The summed E-state index contributed by atoms with van der Waals surface area (Å²) in [4.78, 5) is 2.35. The summed E-state index contributed by atoms with van der Waals surface area (Å²) < 4.78 is 12.9. The van der Waals surface area contributed by atoms with Gasteiger partial charge in [0.15, 0.2) is 0 Å². The largest absolute Gasteiger partial charge is 0.384 e. The van der Waals surface area contributed by atoms with Crippen LogP contribution in [0.5, 0.6) is 0 Å². The van der Waals surface area contributed by atoms with E-state index in [1.807, 2.05) is 6.07 Å². The molecular weight excluding hydrogens is 215 g/mol. The molecule has 0 atom stereocenters. The number of hydrogen-bond donors (Lipinski definition) is 1. The van der Waals surface area contributed by atoms with Crippen LogP contribution in [0.15, 0.2) is 24.3 Å². The van der Waals surface area contributed by atoms with E-state index in [9.17, 15) is 4.39 Å². The number of anilines is 1. The molecule has 0 aliphatic heterocycles. The maximum absolute atomic E-state index is 12.9. The second-order valence-electron chi connectivity index (χ2n) is 4.39. The van der Waals surface area contributed by atoms with E-state index in [0.717, 1.165) is 18.8 Å². The number of likely N-dealkylation sites (N-methyl/N-ethyl adjacent to an activating group) is 1. The molecule has 0 heterocycles. The van der Waals surface area contributed by atoms with Crippen LogP contribution in [-0.4, -0.2) is 31.1 Å². The van der Waals surface area contributed by atoms with Gasteiger partial charge in [-0.05, 0) is 38.1 Å². The Labute approximate surface area is 104 Å². The zero-order chi connectivity index (χ0) is 12.7. The number of nitrogens with zero attached hydrogens (tertiary/aromatic N) is 1. The van der Waals surface area contributed by atoms with Crippen LogP contribution in [0, 0.1) is 5.82 Å². The second-order valence-corrected chi connectivity index (χ2v) is 4.39. The molecule has 17 heavy (non-hydrogen) atoms. The van der Waals surface area contributed by atoms with Gasteiger partial charge in [0, 0.05) is 24.8 Å². The first-order chi connectivity index (χ1) is 8.17. The average Bonchev–Trinajstić information content (AvgIpc) is 2.30. The maximum atomic E-state index is 12.9. The monoisotopic (exact) mass is 238 g/mol. The van der Waals surface area contributed by atoms with E-state index in [-0.39, 0.29) is 5.82 Å². The van der Waals surface area contributed by atoms with Crippen LogP contribution in [-0.2, 0) is 0 Å². The van der Waals surface area contributed by atoms with Crippen molar-refractivity contribution in [1.29, 1.82) is 0 Å². The Bertz CT molecular complexity index is 324. The van der Waals surface area contributed by atoms with Crippen LogP contribution < -0.4 is 5.32 Å². The summed E-state index contributed by atoms with van der Waals surface area (Å²) in [5.74, 6) is -0.191. The zero-order valence-corrected chi connectivity index (χ0v) is 11.0. The fourth-order valence-electron chi connectivity index (χ4n) is 2.07. The van der Waals surface area contributed by atoms with Crippen molar-refractivity contribution in [3.8, 4) is 0 Å². The van der Waals surface area contributed by atoms with Crippen molar-refractivity contribution in [3.63, 3.8) is 0 Å². The lowest BCUT2D eigenvalue weighted by molar-refractivity contribution is 0.238. The summed E-state index contributed by atoms with van der Waals surface area (Å²) in [5, 5.41) is 3.24. The number of nitrogens with one attached hydrogen (secondary N) is 1. The summed E-state index contributed by atoms with van der Waals surface area (Å²) in [6.45, 7) is 6.24. The molecular formula is C14H23FN2. The topological polar surface area (TPSA) is 15.3 Å². The molecule has 0 saturated carbocycles. The molecule has 1 aromatic rings. The van der Waals surface area contributed by atoms with E-state index in [1.54, 1.807) is 6.07 Å². The fraction of sp³-hybridized carbons (Fsp3) is 0.571. The molecule has 0 saturated heterocycles. The molecule has 0 amide bonds. The second kappa shape index (κ2) is 7.28. The van der Waals surface area contributed by atoms with E-state index in [2.05, 4.69) is 31.1 Å². The minimum atomic E-state index is -0.191. The van der Waals surface area contributed by atoms with Gasteiger partial charge in [0.25, 0.3) is 0 Å². The predicted molar refractivity (Wildman–Crippen MR) is 71.9 cm³/mol. The Hall–Kier alpha value is -1.09. The molecule has 0 radical (unpaired) electrons. The molecule has 3 heteroatoms. The quantitative estimate of drug-likeness (QED) is 0.783. The van der Waals surface area contributed by atoms with Crippen molar-refractivity contribution in [2.45, 2.75) is 32.7 Å². The number of benzene rings is 1. The minimum absolute atomic E-state index is 0.191. The summed E-state index contributed by atoms with van der Waals surface area (Å²) in [7, 11) is 2.14. The Morgan fingerprint density at radius 1 is 1.29 bits per heavy atom. The third kappa shape index (κ3) is 4.73. The number of rotatable bonds is 7. The van der Waals surface area contributed by atoms with Crippen LogP contribution in [0.25, 0.3) is 0 Å². The van der Waals surface area contributed by atoms with Gasteiger partial charge in [-0.3, -0.25) is 0 Å². The van der Waals surface area contributed by atoms with Gasteiger partial charge in [0.1, 0.15) is 5.82 Å². The van der Waals surface area contributed by atoms with Gasteiger partial charge in [0.05, 0.1) is 0 Å². The van der Waals surface area contributed by atoms with E-state index in [1.165, 1.54) is 25.0 Å². The first-order valence-corrected chi connectivity index (χ1v) is 6.37. The first-order valence-electron chi connectivity index (χ1n) is 6.37. The van der Waals surface area contributed by atoms with Crippen molar-refractivity contribution in [1.82, 2.24) is 4.90 Å². The molecule has 0 bridgehead atoms. The van der Waals surface area contributed by atoms with Crippen LogP contribution in [0.2, 0.25) is 0 Å². The Morgan fingerprint density at radius 2 is 2.00 bits per heavy atom. The van der Waals surface area contributed by atoms with Gasteiger partial charge in [-0.2, -0.15) is 0 Å². The Morgan fingerprint density at radius 3 is 2.59 bits per heavy atom. The van der Waals surface area contributed by atoms with Crippen LogP contribution in [0.3, 0.4) is 0 Å². The standard InChI is InChI=1S/C14H23FN2/c1-4-14(5-2)17(3)10-9-16-13-8-6-7-12(15)11-13/h6-8,11,14,16H,4-5,9-10H2,1-3H3. The highest BCUT2D eigenvalue weighted by molar-refractivity contribution is 5.42. The van der Waals surface area contributed by atoms with Crippen LogP contribution in [0.1, 0.15) is 26.7 Å². The van der Waals surface area contributed by atoms with E-state index >= 15 is 0 Å².